The van der Waals surface area contributed by atoms with E-state index in [1.165, 1.54) is 50.6 Å². The lowest BCUT2D eigenvalue weighted by Crippen LogP contribution is -2.25. The molecule has 3 N–H and O–H groups in total. The highest BCUT2D eigenvalue weighted by atomic mass is 32.2. The highest BCUT2D eigenvalue weighted by Gasteiger charge is 2.21. The molecule has 0 aromatic heterocycles. The predicted octanol–water partition coefficient (Wildman–Crippen LogP) is 1.77. The van der Waals surface area contributed by atoms with Crippen LogP contribution in [0.3, 0.4) is 0 Å². The second kappa shape index (κ2) is 9.05. The van der Waals surface area contributed by atoms with Crippen LogP contribution in [0.1, 0.15) is 20.7 Å². The Morgan fingerprint density at radius 2 is 1.82 bits per heavy atom. The maximum Gasteiger partial charge on any atom is 0.261 e. The molecule has 0 bridgehead atoms. The van der Waals surface area contributed by atoms with E-state index in [9.17, 15) is 18.0 Å². The smallest absolute Gasteiger partial charge is 0.261 e. The Morgan fingerprint density at radius 3 is 2.46 bits per heavy atom. The topological polar surface area (TPSA) is 114 Å². The number of nitrogens with one attached hydrogen (secondary N) is 3. The van der Waals surface area contributed by atoms with Crippen LogP contribution in [0.4, 0.5) is 5.69 Å². The van der Waals surface area contributed by atoms with Crippen LogP contribution in [0.5, 0.6) is 5.75 Å². The molecule has 9 heteroatoms. The van der Waals surface area contributed by atoms with Crippen molar-refractivity contribution in [2.45, 2.75) is 4.90 Å². The van der Waals surface area contributed by atoms with Gasteiger partial charge in [-0.05, 0) is 30.3 Å². The molecule has 2 rings (SSSR count). The van der Waals surface area contributed by atoms with Gasteiger partial charge in [-0.15, -0.1) is 6.58 Å². The lowest BCUT2D eigenvalue weighted by Gasteiger charge is -2.14. The van der Waals surface area contributed by atoms with E-state index in [0.717, 1.165) is 0 Å². The van der Waals surface area contributed by atoms with Crippen LogP contribution in [-0.2, 0) is 10.0 Å². The van der Waals surface area contributed by atoms with Gasteiger partial charge in [0.05, 0.1) is 28.8 Å². The second-order valence-corrected chi connectivity index (χ2v) is 7.27. The van der Waals surface area contributed by atoms with E-state index in [-0.39, 0.29) is 34.0 Å². The molecule has 2 aromatic carbocycles. The van der Waals surface area contributed by atoms with Crippen LogP contribution >= 0.6 is 0 Å². The molecule has 0 spiro atoms. The first kappa shape index (κ1) is 21.0. The molecular formula is C19H21N3O5S. The van der Waals surface area contributed by atoms with Crippen molar-refractivity contribution in [1.29, 1.82) is 0 Å². The van der Waals surface area contributed by atoms with Crippen molar-refractivity contribution in [2.75, 3.05) is 25.4 Å². The number of amides is 2. The average molecular weight is 403 g/mol. The summed E-state index contributed by atoms with van der Waals surface area (Å²) in [6.45, 7) is 3.77. The predicted molar refractivity (Wildman–Crippen MR) is 106 cm³/mol. The first-order valence-electron chi connectivity index (χ1n) is 8.25. The first-order chi connectivity index (χ1) is 13.3. The zero-order chi connectivity index (χ0) is 20.7. The molecule has 0 heterocycles. The van der Waals surface area contributed by atoms with Gasteiger partial charge in [-0.1, -0.05) is 18.2 Å². The molecule has 0 radical (unpaired) electrons. The van der Waals surface area contributed by atoms with E-state index in [0.29, 0.717) is 0 Å². The number of rotatable bonds is 8. The molecular weight excluding hydrogens is 382 g/mol. The van der Waals surface area contributed by atoms with Gasteiger partial charge in [0.25, 0.3) is 21.8 Å². The molecule has 2 amide bonds. The monoisotopic (exact) mass is 403 g/mol. The van der Waals surface area contributed by atoms with Crippen molar-refractivity contribution in [3.8, 4) is 5.75 Å². The molecule has 8 nitrogen and oxygen atoms in total. The fourth-order valence-corrected chi connectivity index (χ4v) is 3.51. The number of carbonyl (C=O) groups excluding carboxylic acids is 2. The summed E-state index contributed by atoms with van der Waals surface area (Å²) in [5.41, 5.74) is 0.347. The quantitative estimate of drug-likeness (QED) is 0.582. The molecule has 0 saturated heterocycles. The molecule has 2 aromatic rings. The van der Waals surface area contributed by atoms with Crippen LogP contribution in [0, 0.1) is 0 Å². The number of benzene rings is 2. The molecule has 0 aliphatic heterocycles. The normalized spacial score (nSPS) is 10.6. The standard InChI is InChI=1S/C19H21N3O5S/c1-4-11-21-19(24)14-7-5-6-8-16(14)22-28(25,26)13-9-10-17(27-3)15(12-13)18(23)20-2/h4-10,12,22H,1,11H2,2-3H3,(H,20,23)(H,21,24). The highest BCUT2D eigenvalue weighted by molar-refractivity contribution is 7.92. The number of carbonyl (C=O) groups is 2. The summed E-state index contributed by atoms with van der Waals surface area (Å²) >= 11 is 0. The molecule has 0 atom stereocenters. The van der Waals surface area contributed by atoms with Crippen molar-refractivity contribution < 1.29 is 22.7 Å². The number of hydrogen-bond acceptors (Lipinski definition) is 5. The Morgan fingerprint density at radius 1 is 1.11 bits per heavy atom. The fraction of sp³-hybridized carbons (Fsp3) is 0.158. The summed E-state index contributed by atoms with van der Waals surface area (Å²) in [5, 5.41) is 5.03. The van der Waals surface area contributed by atoms with E-state index in [1.807, 2.05) is 0 Å². The summed E-state index contributed by atoms with van der Waals surface area (Å²) in [7, 11) is -1.25. The highest BCUT2D eigenvalue weighted by Crippen LogP contribution is 2.25. The summed E-state index contributed by atoms with van der Waals surface area (Å²) < 4.78 is 33.1. The number of anilines is 1. The first-order valence-corrected chi connectivity index (χ1v) is 9.73. The summed E-state index contributed by atoms with van der Waals surface area (Å²) in [5.74, 6) is -0.695. The van der Waals surface area contributed by atoms with Crippen LogP contribution < -0.4 is 20.1 Å². The van der Waals surface area contributed by atoms with Crippen LogP contribution in [0.15, 0.2) is 60.0 Å². The number of methoxy groups -OCH3 is 1. The average Bonchev–Trinajstić information content (AvgIpc) is 2.70. The lowest BCUT2D eigenvalue weighted by atomic mass is 10.1. The number of sulfonamides is 1. The van der Waals surface area contributed by atoms with Crippen LogP contribution in [0.2, 0.25) is 0 Å². The Kier molecular flexibility index (Phi) is 6.78. The zero-order valence-corrected chi connectivity index (χ0v) is 16.3. The molecule has 0 saturated carbocycles. The van der Waals surface area contributed by atoms with Crippen molar-refractivity contribution in [3.63, 3.8) is 0 Å². The van der Waals surface area contributed by atoms with Crippen molar-refractivity contribution in [2.24, 2.45) is 0 Å². The van der Waals surface area contributed by atoms with E-state index >= 15 is 0 Å². The Balaban J connectivity index is 2.41. The Hall–Kier alpha value is -3.33. The van der Waals surface area contributed by atoms with Crippen LogP contribution in [-0.4, -0.2) is 40.9 Å². The number of ether oxygens (including phenoxy) is 1. The van der Waals surface area contributed by atoms with Crippen molar-refractivity contribution in [1.82, 2.24) is 10.6 Å². The lowest BCUT2D eigenvalue weighted by molar-refractivity contribution is 0.0951. The molecule has 0 aliphatic rings. The van der Waals surface area contributed by atoms with E-state index in [2.05, 4.69) is 21.9 Å². The van der Waals surface area contributed by atoms with E-state index in [1.54, 1.807) is 12.1 Å². The van der Waals surface area contributed by atoms with Gasteiger partial charge < -0.3 is 15.4 Å². The maximum absolute atomic E-state index is 12.8. The summed E-state index contributed by atoms with van der Waals surface area (Å²) in [6.07, 6.45) is 1.52. The Bertz CT molecular complexity index is 1000. The summed E-state index contributed by atoms with van der Waals surface area (Å²) in [4.78, 5) is 24.1. The molecule has 0 fully saturated rings. The molecule has 0 unspecified atom stereocenters. The number of para-hydroxylation sites is 1. The Labute approximate surface area is 163 Å². The van der Waals surface area contributed by atoms with Gasteiger partial charge in [-0.25, -0.2) is 8.42 Å². The number of hydrogen-bond donors (Lipinski definition) is 3. The third-order valence-electron chi connectivity index (χ3n) is 3.78. The van der Waals surface area contributed by atoms with Gasteiger partial charge in [0.2, 0.25) is 0 Å². The van der Waals surface area contributed by atoms with E-state index in [4.69, 9.17) is 4.74 Å². The van der Waals surface area contributed by atoms with Gasteiger partial charge in [0.1, 0.15) is 5.75 Å². The van der Waals surface area contributed by atoms with Gasteiger partial charge >= 0.3 is 0 Å². The largest absolute Gasteiger partial charge is 0.496 e. The van der Waals surface area contributed by atoms with Gasteiger partial charge in [-0.3, -0.25) is 14.3 Å². The molecule has 28 heavy (non-hydrogen) atoms. The third-order valence-corrected chi connectivity index (χ3v) is 5.14. The van der Waals surface area contributed by atoms with Crippen molar-refractivity contribution in [3.05, 3.63) is 66.2 Å². The van der Waals surface area contributed by atoms with Crippen LogP contribution in [0.25, 0.3) is 0 Å². The van der Waals surface area contributed by atoms with Crippen molar-refractivity contribution >= 4 is 27.5 Å². The SMILES string of the molecule is C=CCNC(=O)c1ccccc1NS(=O)(=O)c1ccc(OC)c(C(=O)NC)c1. The maximum atomic E-state index is 12.8. The zero-order valence-electron chi connectivity index (χ0n) is 15.5. The second-order valence-electron chi connectivity index (χ2n) is 5.59. The molecule has 148 valence electrons. The third kappa shape index (κ3) is 4.68. The fourth-order valence-electron chi connectivity index (χ4n) is 2.40. The minimum Gasteiger partial charge on any atom is -0.496 e. The minimum absolute atomic E-state index is 0.0740. The minimum atomic E-state index is -4.06. The van der Waals surface area contributed by atoms with Gasteiger partial charge in [-0.2, -0.15) is 0 Å². The molecule has 0 aliphatic carbocycles. The summed E-state index contributed by atoms with van der Waals surface area (Å²) in [6, 6.07) is 10.1. The van der Waals surface area contributed by atoms with E-state index < -0.39 is 21.8 Å². The van der Waals surface area contributed by atoms with Gasteiger partial charge in [0, 0.05) is 13.6 Å². The van der Waals surface area contributed by atoms with Gasteiger partial charge in [0.15, 0.2) is 0 Å².